The first-order valence-electron chi connectivity index (χ1n) is 8.38. The molecule has 6 nitrogen and oxygen atoms in total. The molecule has 0 aliphatic rings. The largest absolute Gasteiger partial charge is 0.467 e. The van der Waals surface area contributed by atoms with Crippen LogP contribution in [0.15, 0.2) is 24.5 Å². The molecule has 1 atom stereocenters. The molecular formula is C18H24FN3O3. The highest BCUT2D eigenvalue weighted by Gasteiger charge is 2.26. The van der Waals surface area contributed by atoms with Crippen LogP contribution in [-0.4, -0.2) is 41.3 Å². The Balaban J connectivity index is 2.29. The normalized spacial score (nSPS) is 12.4. The molecule has 2 rings (SSSR count). The maximum atomic E-state index is 12.7. The molecule has 0 radical (unpaired) electrons. The predicted octanol–water partition coefficient (Wildman–Crippen LogP) is 2.71. The maximum Gasteiger partial charge on any atom is 0.328 e. The van der Waals surface area contributed by atoms with Gasteiger partial charge in [-0.2, -0.15) is 0 Å². The minimum absolute atomic E-state index is 0.104. The monoisotopic (exact) mass is 349 g/mol. The summed E-state index contributed by atoms with van der Waals surface area (Å²) in [6, 6.07) is 2.84. The van der Waals surface area contributed by atoms with E-state index >= 15 is 0 Å². The summed E-state index contributed by atoms with van der Waals surface area (Å²) in [5.41, 5.74) is 1.11. The van der Waals surface area contributed by atoms with E-state index in [0.717, 1.165) is 0 Å². The van der Waals surface area contributed by atoms with E-state index in [9.17, 15) is 14.0 Å². The Hall–Kier alpha value is -2.44. The van der Waals surface area contributed by atoms with Gasteiger partial charge in [0.1, 0.15) is 11.7 Å². The van der Waals surface area contributed by atoms with Crippen molar-refractivity contribution in [2.75, 3.05) is 13.8 Å². The Kier molecular flexibility index (Phi) is 6.50. The van der Waals surface area contributed by atoms with Crippen LogP contribution >= 0.6 is 0 Å². The molecule has 1 amide bonds. The number of hydrogen-bond acceptors (Lipinski definition) is 4. The van der Waals surface area contributed by atoms with Crippen molar-refractivity contribution in [2.45, 2.75) is 39.3 Å². The Morgan fingerprint density at radius 3 is 2.76 bits per heavy atom. The highest BCUT2D eigenvalue weighted by Crippen LogP contribution is 2.20. The lowest BCUT2D eigenvalue weighted by Crippen LogP contribution is -2.45. The lowest BCUT2D eigenvalue weighted by atomic mass is 10.0. The Bertz CT molecular complexity index is 742. The molecule has 2 aromatic heterocycles. The molecule has 2 aromatic rings. The van der Waals surface area contributed by atoms with Crippen LogP contribution < -0.4 is 5.32 Å². The van der Waals surface area contributed by atoms with E-state index in [1.54, 1.807) is 18.5 Å². The Labute approximate surface area is 146 Å². The fraction of sp³-hybridized carbons (Fsp3) is 0.500. The molecule has 1 N–H and O–H groups in total. The summed E-state index contributed by atoms with van der Waals surface area (Å²) in [4.78, 5) is 28.9. The lowest BCUT2D eigenvalue weighted by Gasteiger charge is -2.19. The average Bonchev–Trinajstić information content (AvgIpc) is 2.98. The van der Waals surface area contributed by atoms with Crippen molar-refractivity contribution in [3.8, 4) is 0 Å². The highest BCUT2D eigenvalue weighted by molar-refractivity contribution is 6.07. The molecule has 0 aliphatic carbocycles. The molecule has 0 saturated carbocycles. The van der Waals surface area contributed by atoms with E-state index in [0.29, 0.717) is 36.0 Å². The summed E-state index contributed by atoms with van der Waals surface area (Å²) in [7, 11) is 1.30. The molecule has 0 aliphatic heterocycles. The lowest BCUT2D eigenvalue weighted by molar-refractivity contribution is -0.144. The third kappa shape index (κ3) is 4.35. The van der Waals surface area contributed by atoms with Crippen LogP contribution in [0.25, 0.3) is 11.0 Å². The average molecular weight is 349 g/mol. The van der Waals surface area contributed by atoms with Crippen LogP contribution in [0.5, 0.6) is 0 Å². The molecule has 0 fully saturated rings. The summed E-state index contributed by atoms with van der Waals surface area (Å²) in [5, 5.41) is 3.44. The fourth-order valence-electron chi connectivity index (χ4n) is 2.69. The molecule has 0 bridgehead atoms. The van der Waals surface area contributed by atoms with Crippen LogP contribution in [-0.2, 0) is 16.1 Å². The number of aryl methyl sites for hydroxylation is 1. The molecule has 0 unspecified atom stereocenters. The molecule has 0 spiro atoms. The zero-order valence-corrected chi connectivity index (χ0v) is 14.8. The number of carbonyl (C=O) groups excluding carboxylic acids is 2. The SMILES string of the molecule is COC(=O)[C@@H](NC(=O)c1cn(CCCCF)c2ncccc12)C(C)C. The number of amides is 1. The number of esters is 1. The number of rotatable bonds is 8. The zero-order valence-electron chi connectivity index (χ0n) is 14.8. The van der Waals surface area contributed by atoms with Crippen molar-refractivity contribution in [1.29, 1.82) is 0 Å². The summed E-state index contributed by atoms with van der Waals surface area (Å²) >= 11 is 0. The van der Waals surface area contributed by atoms with Gasteiger partial charge >= 0.3 is 5.97 Å². The minimum atomic E-state index is -0.723. The quantitative estimate of drug-likeness (QED) is 0.587. The zero-order chi connectivity index (χ0) is 18.4. The van der Waals surface area contributed by atoms with E-state index in [4.69, 9.17) is 4.74 Å². The van der Waals surface area contributed by atoms with E-state index in [1.165, 1.54) is 7.11 Å². The number of pyridine rings is 1. The summed E-state index contributed by atoms with van der Waals surface area (Å²) in [6.45, 7) is 3.89. The van der Waals surface area contributed by atoms with Crippen LogP contribution in [0, 0.1) is 5.92 Å². The number of ether oxygens (including phenoxy) is 1. The summed E-state index contributed by atoms with van der Waals surface area (Å²) < 4.78 is 19.0. The second kappa shape index (κ2) is 8.60. The third-order valence-corrected chi connectivity index (χ3v) is 4.07. The minimum Gasteiger partial charge on any atom is -0.467 e. The van der Waals surface area contributed by atoms with E-state index in [2.05, 4.69) is 10.3 Å². The van der Waals surface area contributed by atoms with Gasteiger partial charge in [-0.1, -0.05) is 13.8 Å². The van der Waals surface area contributed by atoms with Crippen LogP contribution in [0.4, 0.5) is 4.39 Å². The number of unbranched alkanes of at least 4 members (excludes halogenated alkanes) is 1. The first kappa shape index (κ1) is 18.9. The van der Waals surface area contributed by atoms with Crippen molar-refractivity contribution >= 4 is 22.9 Å². The number of aromatic nitrogens is 2. The van der Waals surface area contributed by atoms with Crippen molar-refractivity contribution in [3.05, 3.63) is 30.1 Å². The first-order valence-corrected chi connectivity index (χ1v) is 8.38. The van der Waals surface area contributed by atoms with Crippen LogP contribution in [0.3, 0.4) is 0 Å². The van der Waals surface area contributed by atoms with Crippen molar-refractivity contribution in [2.24, 2.45) is 5.92 Å². The standard InChI is InChI=1S/C18H24FN3O3/c1-12(2)15(18(24)25-3)21-17(23)14-11-22(10-5-4-8-19)16-13(14)7-6-9-20-16/h6-7,9,11-12,15H,4-5,8,10H2,1-3H3,(H,21,23)/t15-/m0/s1. The van der Waals surface area contributed by atoms with Gasteiger partial charge in [0, 0.05) is 24.3 Å². The molecule has 2 heterocycles. The second-order valence-electron chi connectivity index (χ2n) is 6.23. The van der Waals surface area contributed by atoms with Crippen LogP contribution in [0.1, 0.15) is 37.0 Å². The third-order valence-electron chi connectivity index (χ3n) is 4.07. The van der Waals surface area contributed by atoms with Gasteiger partial charge in [0.2, 0.25) is 0 Å². The van der Waals surface area contributed by atoms with Gasteiger partial charge in [0.25, 0.3) is 5.91 Å². The van der Waals surface area contributed by atoms with Gasteiger partial charge in [-0.3, -0.25) is 9.18 Å². The maximum absolute atomic E-state index is 12.7. The Morgan fingerprint density at radius 2 is 2.12 bits per heavy atom. The first-order chi connectivity index (χ1) is 12.0. The van der Waals surface area contributed by atoms with E-state index < -0.39 is 12.0 Å². The van der Waals surface area contributed by atoms with Crippen molar-refractivity contribution < 1.29 is 18.7 Å². The number of nitrogens with zero attached hydrogens (tertiary/aromatic N) is 2. The van der Waals surface area contributed by atoms with E-state index in [1.807, 2.05) is 24.5 Å². The van der Waals surface area contributed by atoms with Crippen molar-refractivity contribution in [3.63, 3.8) is 0 Å². The van der Waals surface area contributed by atoms with Gasteiger partial charge in [-0.05, 0) is 30.9 Å². The van der Waals surface area contributed by atoms with Gasteiger partial charge < -0.3 is 14.6 Å². The number of hydrogen-bond donors (Lipinski definition) is 1. The van der Waals surface area contributed by atoms with Crippen molar-refractivity contribution in [1.82, 2.24) is 14.9 Å². The van der Waals surface area contributed by atoms with Gasteiger partial charge in [-0.25, -0.2) is 9.78 Å². The van der Waals surface area contributed by atoms with Gasteiger partial charge in [0.15, 0.2) is 0 Å². The molecule has 7 heteroatoms. The smallest absolute Gasteiger partial charge is 0.328 e. The number of nitrogens with one attached hydrogen (secondary N) is 1. The summed E-state index contributed by atoms with van der Waals surface area (Å²) in [5.74, 6) is -0.938. The molecule has 0 aromatic carbocycles. The molecule has 0 saturated heterocycles. The Morgan fingerprint density at radius 1 is 1.36 bits per heavy atom. The summed E-state index contributed by atoms with van der Waals surface area (Å²) in [6.07, 6.45) is 4.49. The molecular weight excluding hydrogens is 325 g/mol. The molecule has 25 heavy (non-hydrogen) atoms. The van der Waals surface area contributed by atoms with Gasteiger partial charge in [0.05, 0.1) is 19.3 Å². The number of halogens is 1. The fourth-order valence-corrected chi connectivity index (χ4v) is 2.69. The van der Waals surface area contributed by atoms with Crippen LogP contribution in [0.2, 0.25) is 0 Å². The number of alkyl halides is 1. The van der Waals surface area contributed by atoms with E-state index in [-0.39, 0.29) is 18.5 Å². The number of carbonyl (C=O) groups is 2. The second-order valence-corrected chi connectivity index (χ2v) is 6.23. The topological polar surface area (TPSA) is 73.2 Å². The number of methoxy groups -OCH3 is 1. The van der Waals surface area contributed by atoms with Gasteiger partial charge in [-0.15, -0.1) is 0 Å². The predicted molar refractivity (Wildman–Crippen MR) is 93.1 cm³/mol. The molecule has 136 valence electrons. The number of fused-ring (bicyclic) bond motifs is 1. The highest BCUT2D eigenvalue weighted by atomic mass is 19.1.